The highest BCUT2D eigenvalue weighted by molar-refractivity contribution is 6.31. The van der Waals surface area contributed by atoms with Crippen LogP contribution in [0.4, 0.5) is 0 Å². The van der Waals surface area contributed by atoms with E-state index in [9.17, 15) is 9.59 Å². The summed E-state index contributed by atoms with van der Waals surface area (Å²) in [6.45, 7) is 1.94. The average molecular weight is 337 g/mol. The Morgan fingerprint density at radius 2 is 2.04 bits per heavy atom. The smallest absolute Gasteiger partial charge is 0.252 e. The minimum Gasteiger partial charge on any atom is -0.356 e. The first kappa shape index (κ1) is 16.3. The summed E-state index contributed by atoms with van der Waals surface area (Å²) in [6.07, 6.45) is 3.40. The number of carbonyl (C=O) groups is 2. The lowest BCUT2D eigenvalue weighted by molar-refractivity contribution is -0.149. The van der Waals surface area contributed by atoms with Crippen molar-refractivity contribution in [1.29, 1.82) is 0 Å². The molecular weight excluding hydrogens is 316 g/mol. The van der Waals surface area contributed by atoms with Crippen LogP contribution >= 0.6 is 11.6 Å². The number of morpholine rings is 1. The maximum absolute atomic E-state index is 12.7. The first-order chi connectivity index (χ1) is 11.0. The van der Waals surface area contributed by atoms with Crippen LogP contribution in [0.25, 0.3) is 0 Å². The molecule has 3 rings (SSSR count). The van der Waals surface area contributed by atoms with Crippen molar-refractivity contribution in [1.82, 2.24) is 10.6 Å². The van der Waals surface area contributed by atoms with Crippen LogP contribution in [0.1, 0.15) is 44.2 Å². The van der Waals surface area contributed by atoms with Crippen molar-refractivity contribution >= 4 is 23.4 Å². The van der Waals surface area contributed by atoms with E-state index in [1.165, 1.54) is 0 Å². The Balaban J connectivity index is 1.82. The summed E-state index contributed by atoms with van der Waals surface area (Å²) in [5, 5.41) is 6.44. The summed E-state index contributed by atoms with van der Waals surface area (Å²) in [5.41, 5.74) is 0.506. The Bertz CT molecular complexity index is 614. The highest BCUT2D eigenvalue weighted by Gasteiger charge is 2.40. The molecule has 2 fully saturated rings. The van der Waals surface area contributed by atoms with Crippen molar-refractivity contribution in [2.45, 2.75) is 50.3 Å². The first-order valence-electron chi connectivity index (χ1n) is 7.96. The Hall–Kier alpha value is -1.59. The van der Waals surface area contributed by atoms with Gasteiger partial charge in [-0.15, -0.1) is 0 Å². The molecule has 1 saturated heterocycles. The molecule has 0 bridgehead atoms. The molecule has 2 aliphatic rings. The van der Waals surface area contributed by atoms with Gasteiger partial charge in [-0.3, -0.25) is 9.59 Å². The number of benzene rings is 1. The molecule has 0 spiro atoms. The SMILES string of the molecule is CC1(NC(=O)[C@H]2OCC(=O)N[C@@H]2c2ccccc2Cl)CCCC1. The molecule has 0 aromatic heterocycles. The number of rotatable bonds is 3. The lowest BCUT2D eigenvalue weighted by Gasteiger charge is -2.35. The zero-order valence-corrected chi connectivity index (χ0v) is 13.9. The van der Waals surface area contributed by atoms with Crippen molar-refractivity contribution < 1.29 is 14.3 Å². The second kappa shape index (κ2) is 6.49. The Labute approximate surface area is 140 Å². The molecule has 1 aliphatic carbocycles. The van der Waals surface area contributed by atoms with Crippen molar-refractivity contribution in [2.75, 3.05) is 6.61 Å². The van der Waals surface area contributed by atoms with E-state index in [0.717, 1.165) is 25.7 Å². The topological polar surface area (TPSA) is 67.4 Å². The van der Waals surface area contributed by atoms with Crippen molar-refractivity contribution in [3.8, 4) is 0 Å². The Morgan fingerprint density at radius 3 is 2.74 bits per heavy atom. The van der Waals surface area contributed by atoms with Crippen LogP contribution in [0.2, 0.25) is 5.02 Å². The summed E-state index contributed by atoms with van der Waals surface area (Å²) in [6, 6.07) is 6.61. The third-order valence-corrected chi connectivity index (χ3v) is 4.99. The molecule has 1 heterocycles. The van der Waals surface area contributed by atoms with Gasteiger partial charge in [0.2, 0.25) is 5.91 Å². The number of carbonyl (C=O) groups excluding carboxylic acids is 2. The fraction of sp³-hybridized carbons (Fsp3) is 0.529. The molecule has 1 saturated carbocycles. The number of ether oxygens (including phenoxy) is 1. The zero-order valence-electron chi connectivity index (χ0n) is 13.1. The number of halogens is 1. The second-order valence-corrected chi connectivity index (χ2v) is 6.96. The largest absolute Gasteiger partial charge is 0.356 e. The van der Waals surface area contributed by atoms with Gasteiger partial charge in [-0.05, 0) is 31.4 Å². The van der Waals surface area contributed by atoms with Crippen LogP contribution in [-0.2, 0) is 14.3 Å². The van der Waals surface area contributed by atoms with Gasteiger partial charge in [-0.1, -0.05) is 42.6 Å². The van der Waals surface area contributed by atoms with Crippen LogP contribution < -0.4 is 10.6 Å². The van der Waals surface area contributed by atoms with Gasteiger partial charge in [0, 0.05) is 10.6 Å². The minimum atomic E-state index is -0.773. The Morgan fingerprint density at radius 1 is 1.35 bits per heavy atom. The molecule has 6 heteroatoms. The van der Waals surface area contributed by atoms with Crippen LogP contribution in [0.3, 0.4) is 0 Å². The van der Waals surface area contributed by atoms with Gasteiger partial charge in [0.15, 0.2) is 6.10 Å². The van der Waals surface area contributed by atoms with E-state index in [1.807, 2.05) is 12.1 Å². The minimum absolute atomic E-state index is 0.115. The van der Waals surface area contributed by atoms with E-state index < -0.39 is 12.1 Å². The standard InChI is InChI=1S/C17H21ClN2O3/c1-17(8-4-5-9-17)20-16(22)15-14(19-13(21)10-23-15)11-6-2-3-7-12(11)18/h2-3,6-7,14-15H,4-5,8-10H2,1H3,(H,19,21)(H,20,22)/t14-,15+/m1/s1. The molecule has 2 amide bonds. The van der Waals surface area contributed by atoms with E-state index in [1.54, 1.807) is 12.1 Å². The van der Waals surface area contributed by atoms with Crippen LogP contribution in [-0.4, -0.2) is 30.1 Å². The summed E-state index contributed by atoms with van der Waals surface area (Å²) in [7, 11) is 0. The van der Waals surface area contributed by atoms with E-state index in [4.69, 9.17) is 16.3 Å². The summed E-state index contributed by atoms with van der Waals surface area (Å²) in [5.74, 6) is -0.439. The molecule has 124 valence electrons. The summed E-state index contributed by atoms with van der Waals surface area (Å²) in [4.78, 5) is 24.5. The third-order valence-electron chi connectivity index (χ3n) is 4.64. The predicted octanol–water partition coefficient (Wildman–Crippen LogP) is 2.35. The first-order valence-corrected chi connectivity index (χ1v) is 8.34. The monoisotopic (exact) mass is 336 g/mol. The molecule has 23 heavy (non-hydrogen) atoms. The van der Waals surface area contributed by atoms with Crippen molar-refractivity contribution in [2.24, 2.45) is 0 Å². The number of nitrogens with one attached hydrogen (secondary N) is 2. The molecular formula is C17H21ClN2O3. The fourth-order valence-corrected chi connectivity index (χ4v) is 3.65. The van der Waals surface area contributed by atoms with E-state index in [2.05, 4.69) is 17.6 Å². The highest BCUT2D eigenvalue weighted by Crippen LogP contribution is 2.32. The molecule has 0 unspecified atom stereocenters. The van der Waals surface area contributed by atoms with Crippen LogP contribution in [0.5, 0.6) is 0 Å². The van der Waals surface area contributed by atoms with Gasteiger partial charge in [-0.25, -0.2) is 0 Å². The molecule has 2 atom stereocenters. The quantitative estimate of drug-likeness (QED) is 0.890. The van der Waals surface area contributed by atoms with Gasteiger partial charge in [-0.2, -0.15) is 0 Å². The Kier molecular flexibility index (Phi) is 4.60. The normalized spacial score (nSPS) is 26.6. The van der Waals surface area contributed by atoms with E-state index >= 15 is 0 Å². The number of hydrogen-bond donors (Lipinski definition) is 2. The molecule has 2 N–H and O–H groups in total. The predicted molar refractivity (Wildman–Crippen MR) is 87.1 cm³/mol. The molecule has 1 aliphatic heterocycles. The average Bonchev–Trinajstić information content (AvgIpc) is 2.93. The number of amides is 2. The fourth-order valence-electron chi connectivity index (χ4n) is 3.40. The van der Waals surface area contributed by atoms with Crippen molar-refractivity contribution in [3.05, 3.63) is 34.9 Å². The maximum Gasteiger partial charge on any atom is 0.252 e. The van der Waals surface area contributed by atoms with Gasteiger partial charge >= 0.3 is 0 Å². The highest BCUT2D eigenvalue weighted by atomic mass is 35.5. The lowest BCUT2D eigenvalue weighted by Crippen LogP contribution is -2.56. The van der Waals surface area contributed by atoms with E-state index in [-0.39, 0.29) is 24.0 Å². The lowest BCUT2D eigenvalue weighted by atomic mass is 9.96. The zero-order chi connectivity index (χ0) is 16.4. The summed E-state index contributed by atoms with van der Waals surface area (Å²) >= 11 is 6.23. The van der Waals surface area contributed by atoms with Gasteiger partial charge < -0.3 is 15.4 Å². The third kappa shape index (κ3) is 3.51. The molecule has 1 aromatic carbocycles. The maximum atomic E-state index is 12.7. The second-order valence-electron chi connectivity index (χ2n) is 6.56. The van der Waals surface area contributed by atoms with Crippen LogP contribution in [0, 0.1) is 0 Å². The van der Waals surface area contributed by atoms with Crippen LogP contribution in [0.15, 0.2) is 24.3 Å². The molecule has 5 nitrogen and oxygen atoms in total. The van der Waals surface area contributed by atoms with E-state index in [0.29, 0.717) is 10.6 Å². The molecule has 1 aromatic rings. The summed E-state index contributed by atoms with van der Waals surface area (Å²) < 4.78 is 5.55. The van der Waals surface area contributed by atoms with Gasteiger partial charge in [0.1, 0.15) is 6.61 Å². The molecule has 0 radical (unpaired) electrons. The van der Waals surface area contributed by atoms with Crippen molar-refractivity contribution in [3.63, 3.8) is 0 Å². The van der Waals surface area contributed by atoms with Gasteiger partial charge in [0.05, 0.1) is 6.04 Å². The van der Waals surface area contributed by atoms with Gasteiger partial charge in [0.25, 0.3) is 5.91 Å². The number of hydrogen-bond acceptors (Lipinski definition) is 3.